The summed E-state index contributed by atoms with van der Waals surface area (Å²) in [5, 5.41) is 14.6. The number of rotatable bonds is 4. The van der Waals surface area contributed by atoms with Gasteiger partial charge < -0.3 is 9.84 Å². The number of hydrogen-bond acceptors (Lipinski definition) is 5. The van der Waals surface area contributed by atoms with Crippen molar-refractivity contribution in [3.63, 3.8) is 0 Å². The summed E-state index contributed by atoms with van der Waals surface area (Å²) in [6.07, 6.45) is 0.108. The van der Waals surface area contributed by atoms with E-state index in [2.05, 4.69) is 9.59 Å². The molecule has 0 aliphatic carbocycles. The summed E-state index contributed by atoms with van der Waals surface area (Å²) < 4.78 is 9.22. The quantitative estimate of drug-likeness (QED) is 0.934. The van der Waals surface area contributed by atoms with E-state index in [9.17, 15) is 5.11 Å². The largest absolute Gasteiger partial charge is 0.496 e. The van der Waals surface area contributed by atoms with Crippen LogP contribution in [-0.2, 0) is 6.42 Å². The zero-order valence-electron chi connectivity index (χ0n) is 11.6. The minimum absolute atomic E-state index is 0.667. The van der Waals surface area contributed by atoms with Gasteiger partial charge in [-0.15, -0.1) is 5.10 Å². The molecule has 2 rings (SSSR count). The van der Waals surface area contributed by atoms with Gasteiger partial charge in [0.15, 0.2) is 0 Å². The van der Waals surface area contributed by atoms with Crippen molar-refractivity contribution in [2.45, 2.75) is 33.3 Å². The van der Waals surface area contributed by atoms with Gasteiger partial charge >= 0.3 is 0 Å². The Morgan fingerprint density at radius 1 is 1.32 bits per heavy atom. The highest BCUT2D eigenvalue weighted by atomic mass is 32.1. The molecule has 19 heavy (non-hydrogen) atoms. The second-order valence-corrected chi connectivity index (χ2v) is 5.30. The van der Waals surface area contributed by atoms with Gasteiger partial charge in [-0.2, -0.15) is 0 Å². The van der Waals surface area contributed by atoms with Crippen molar-refractivity contribution in [1.82, 2.24) is 9.59 Å². The molecule has 1 atom stereocenters. The van der Waals surface area contributed by atoms with Gasteiger partial charge in [0.2, 0.25) is 0 Å². The lowest BCUT2D eigenvalue weighted by Crippen LogP contribution is -2.04. The number of benzene rings is 1. The molecule has 1 aromatic heterocycles. The smallest absolute Gasteiger partial charge is 0.122 e. The van der Waals surface area contributed by atoms with Crippen LogP contribution in [0.1, 0.15) is 40.3 Å². The van der Waals surface area contributed by atoms with Crippen molar-refractivity contribution in [3.05, 3.63) is 39.4 Å². The SMILES string of the molecule is CCc1nnsc1C(O)c1cc(C)c(OC)cc1C. The van der Waals surface area contributed by atoms with Gasteiger partial charge in [-0.1, -0.05) is 11.4 Å². The third-order valence-corrected chi connectivity index (χ3v) is 4.07. The molecule has 102 valence electrons. The minimum atomic E-state index is -0.667. The highest BCUT2D eigenvalue weighted by Gasteiger charge is 2.20. The first-order valence-corrected chi connectivity index (χ1v) is 7.00. The second-order valence-electron chi connectivity index (χ2n) is 4.52. The normalized spacial score (nSPS) is 12.5. The molecule has 1 heterocycles. The summed E-state index contributed by atoms with van der Waals surface area (Å²) in [6, 6.07) is 3.92. The van der Waals surface area contributed by atoms with Crippen LogP contribution in [0, 0.1) is 13.8 Å². The average Bonchev–Trinajstić information content (AvgIpc) is 2.88. The number of aliphatic hydroxyl groups excluding tert-OH is 1. The van der Waals surface area contributed by atoms with Crippen LogP contribution in [0.3, 0.4) is 0 Å². The lowest BCUT2D eigenvalue weighted by atomic mass is 9.98. The zero-order chi connectivity index (χ0) is 14.0. The summed E-state index contributed by atoms with van der Waals surface area (Å²) in [5.41, 5.74) is 3.77. The van der Waals surface area contributed by atoms with Crippen LogP contribution in [0.5, 0.6) is 5.75 Å². The summed E-state index contributed by atoms with van der Waals surface area (Å²) in [7, 11) is 1.65. The highest BCUT2D eigenvalue weighted by molar-refractivity contribution is 7.05. The van der Waals surface area contributed by atoms with Gasteiger partial charge in [0.05, 0.1) is 17.7 Å². The Labute approximate surface area is 117 Å². The highest BCUT2D eigenvalue weighted by Crippen LogP contribution is 2.32. The Hall–Kier alpha value is -1.46. The van der Waals surface area contributed by atoms with Crippen molar-refractivity contribution >= 4 is 11.5 Å². The fourth-order valence-electron chi connectivity index (χ4n) is 2.14. The van der Waals surface area contributed by atoms with Gasteiger partial charge in [0.25, 0.3) is 0 Å². The summed E-state index contributed by atoms with van der Waals surface area (Å²) in [5.74, 6) is 0.839. The number of methoxy groups -OCH3 is 1. The van der Waals surface area contributed by atoms with E-state index in [1.54, 1.807) is 7.11 Å². The van der Waals surface area contributed by atoms with Crippen LogP contribution in [0.25, 0.3) is 0 Å². The number of aliphatic hydroxyl groups is 1. The first kappa shape index (κ1) is 14.0. The van der Waals surface area contributed by atoms with Crippen LogP contribution < -0.4 is 4.74 Å². The maximum absolute atomic E-state index is 10.6. The van der Waals surface area contributed by atoms with Gasteiger partial charge in [0, 0.05) is 0 Å². The van der Waals surface area contributed by atoms with E-state index in [1.807, 2.05) is 32.9 Å². The molecule has 4 nitrogen and oxygen atoms in total. The molecule has 1 N–H and O–H groups in total. The van der Waals surface area contributed by atoms with E-state index in [-0.39, 0.29) is 0 Å². The first-order chi connectivity index (χ1) is 9.08. The molecule has 0 fully saturated rings. The lowest BCUT2D eigenvalue weighted by molar-refractivity contribution is 0.222. The number of nitrogens with zero attached hydrogens (tertiary/aromatic N) is 2. The molecule has 1 aromatic carbocycles. The number of ether oxygens (including phenoxy) is 1. The summed E-state index contributed by atoms with van der Waals surface area (Å²) in [4.78, 5) is 0.829. The molecular weight excluding hydrogens is 260 g/mol. The number of aromatic nitrogens is 2. The Bertz CT molecular complexity index is 581. The molecule has 1 unspecified atom stereocenters. The van der Waals surface area contributed by atoms with Gasteiger partial charge in [0.1, 0.15) is 11.9 Å². The molecule has 0 bridgehead atoms. The first-order valence-electron chi connectivity index (χ1n) is 6.22. The topological polar surface area (TPSA) is 55.2 Å². The van der Waals surface area contributed by atoms with Gasteiger partial charge in [-0.05, 0) is 60.6 Å². The Morgan fingerprint density at radius 2 is 2.05 bits per heavy atom. The zero-order valence-corrected chi connectivity index (χ0v) is 12.4. The van der Waals surface area contributed by atoms with Gasteiger partial charge in [-0.3, -0.25) is 0 Å². The van der Waals surface area contributed by atoms with Crippen molar-refractivity contribution < 1.29 is 9.84 Å². The van der Waals surface area contributed by atoms with Crippen LogP contribution in [0.2, 0.25) is 0 Å². The monoisotopic (exact) mass is 278 g/mol. The molecule has 2 aromatic rings. The molecule has 0 aliphatic rings. The predicted octanol–water partition coefficient (Wildman–Crippen LogP) is 2.81. The second kappa shape index (κ2) is 5.67. The molecule has 5 heteroatoms. The van der Waals surface area contributed by atoms with Crippen molar-refractivity contribution in [1.29, 1.82) is 0 Å². The van der Waals surface area contributed by atoms with Crippen LogP contribution in [0.4, 0.5) is 0 Å². The van der Waals surface area contributed by atoms with Crippen LogP contribution in [-0.4, -0.2) is 21.8 Å². The van der Waals surface area contributed by atoms with Crippen LogP contribution in [0.15, 0.2) is 12.1 Å². The summed E-state index contributed by atoms with van der Waals surface area (Å²) >= 11 is 1.26. The van der Waals surface area contributed by atoms with E-state index in [0.717, 1.165) is 39.4 Å². The minimum Gasteiger partial charge on any atom is -0.496 e. The van der Waals surface area contributed by atoms with E-state index in [4.69, 9.17) is 4.74 Å². The third kappa shape index (κ3) is 2.62. The van der Waals surface area contributed by atoms with E-state index in [1.165, 1.54) is 11.5 Å². The lowest BCUT2D eigenvalue weighted by Gasteiger charge is -2.15. The molecule has 0 spiro atoms. The van der Waals surface area contributed by atoms with Crippen molar-refractivity contribution in [2.24, 2.45) is 0 Å². The predicted molar refractivity (Wildman–Crippen MR) is 75.8 cm³/mol. The molecule has 0 amide bonds. The Balaban J connectivity index is 2.44. The van der Waals surface area contributed by atoms with Gasteiger partial charge in [-0.25, -0.2) is 0 Å². The van der Waals surface area contributed by atoms with Crippen molar-refractivity contribution in [3.8, 4) is 5.75 Å². The standard InChI is InChI=1S/C14H18N2O2S/c1-5-11-14(19-16-15-11)13(17)10-6-9(3)12(18-4)7-8(10)2/h6-7,13,17H,5H2,1-4H3. The molecule has 0 saturated heterocycles. The van der Waals surface area contributed by atoms with E-state index in [0.29, 0.717) is 0 Å². The maximum Gasteiger partial charge on any atom is 0.122 e. The molecule has 0 radical (unpaired) electrons. The van der Waals surface area contributed by atoms with E-state index >= 15 is 0 Å². The average molecular weight is 278 g/mol. The fourth-order valence-corrected chi connectivity index (χ4v) is 2.88. The Kier molecular flexibility index (Phi) is 4.17. The van der Waals surface area contributed by atoms with E-state index < -0.39 is 6.10 Å². The number of aryl methyl sites for hydroxylation is 3. The summed E-state index contributed by atoms with van der Waals surface area (Å²) in [6.45, 7) is 5.96. The maximum atomic E-state index is 10.6. The molecule has 0 aliphatic heterocycles. The fraction of sp³-hybridized carbons (Fsp3) is 0.429. The van der Waals surface area contributed by atoms with Crippen LogP contribution >= 0.6 is 11.5 Å². The molecule has 0 saturated carbocycles. The van der Waals surface area contributed by atoms with Crippen molar-refractivity contribution in [2.75, 3.05) is 7.11 Å². The number of hydrogen-bond donors (Lipinski definition) is 1. The molecular formula is C14H18N2O2S. The third-order valence-electron chi connectivity index (χ3n) is 3.25. The Morgan fingerprint density at radius 3 is 2.68 bits per heavy atom.